The van der Waals surface area contributed by atoms with E-state index in [1.165, 1.54) is 63.2 Å². The molecule has 0 saturated carbocycles. The van der Waals surface area contributed by atoms with E-state index in [1.807, 2.05) is 12.1 Å². The molecule has 190 valence electrons. The number of fused-ring (bicyclic) bond motifs is 1. The van der Waals surface area contributed by atoms with E-state index in [-0.39, 0.29) is 0 Å². The second kappa shape index (κ2) is 10.2. The third kappa shape index (κ3) is 5.06. The Balaban J connectivity index is 1.43. The van der Waals surface area contributed by atoms with Gasteiger partial charge in [-0.05, 0) is 84.4 Å². The number of aryl methyl sites for hydroxylation is 2. The van der Waals surface area contributed by atoms with Gasteiger partial charge < -0.3 is 4.90 Å². The number of halogens is 1. The predicted octanol–water partition coefficient (Wildman–Crippen LogP) is 7.77. The number of anilines is 1. The summed E-state index contributed by atoms with van der Waals surface area (Å²) in [4.78, 5) is 10.0. The summed E-state index contributed by atoms with van der Waals surface area (Å²) >= 11 is 6.53. The van der Waals surface area contributed by atoms with Crippen LogP contribution >= 0.6 is 11.6 Å². The molecular formula is C32H40ClN3. The fraction of sp³-hybridized carbons (Fsp3) is 0.469. The van der Waals surface area contributed by atoms with Crippen LogP contribution in [0.5, 0.6) is 0 Å². The number of hydrogen-bond acceptors (Lipinski definition) is 3. The molecule has 3 nitrogen and oxygen atoms in total. The highest BCUT2D eigenvalue weighted by Gasteiger charge is 2.29. The lowest BCUT2D eigenvalue weighted by atomic mass is 9.82. The van der Waals surface area contributed by atoms with Crippen molar-refractivity contribution in [2.24, 2.45) is 5.41 Å². The second-order valence-electron chi connectivity index (χ2n) is 11.6. The summed E-state index contributed by atoms with van der Waals surface area (Å²) in [6, 6.07) is 13.3. The molecule has 0 unspecified atom stereocenters. The summed E-state index contributed by atoms with van der Waals surface area (Å²) in [7, 11) is 0. The number of nitrogens with zero attached hydrogens (tertiary/aromatic N) is 3. The van der Waals surface area contributed by atoms with Gasteiger partial charge in [-0.25, -0.2) is 0 Å². The van der Waals surface area contributed by atoms with Crippen molar-refractivity contribution in [3.63, 3.8) is 0 Å². The fourth-order valence-corrected chi connectivity index (χ4v) is 6.25. The van der Waals surface area contributed by atoms with Crippen molar-refractivity contribution in [3.8, 4) is 11.1 Å². The van der Waals surface area contributed by atoms with E-state index in [0.717, 1.165) is 50.6 Å². The van der Waals surface area contributed by atoms with E-state index in [1.54, 1.807) is 0 Å². The van der Waals surface area contributed by atoms with Gasteiger partial charge in [0, 0.05) is 55.2 Å². The number of pyridine rings is 1. The lowest BCUT2D eigenvalue weighted by Crippen LogP contribution is -2.38. The molecule has 0 atom stereocenters. The minimum atomic E-state index is 0.436. The van der Waals surface area contributed by atoms with Crippen molar-refractivity contribution in [3.05, 3.63) is 81.1 Å². The maximum Gasteiger partial charge on any atom is 0.0512 e. The lowest BCUT2D eigenvalue weighted by Gasteiger charge is -2.40. The molecule has 1 saturated heterocycles. The van der Waals surface area contributed by atoms with Gasteiger partial charge in [0.15, 0.2) is 0 Å². The van der Waals surface area contributed by atoms with Gasteiger partial charge in [-0.2, -0.15) is 0 Å². The Morgan fingerprint density at radius 3 is 2.47 bits per heavy atom. The molecule has 2 aliphatic rings. The average molecular weight is 502 g/mol. The monoisotopic (exact) mass is 501 g/mol. The van der Waals surface area contributed by atoms with Gasteiger partial charge in [0.05, 0.1) is 5.69 Å². The Hall–Kier alpha value is -2.36. The van der Waals surface area contributed by atoms with Crippen LogP contribution in [0.25, 0.3) is 11.1 Å². The standard InChI is InChI=1S/C32H40ClN3/c1-6-27-23(3)34-19-28(31(27)36-16-13-32(4,5)14-17-36)25-10-11-26-20-35(15-12-24(26)18-25)21-29-22(2)8-7-9-30(29)33/h7-11,18-19H,6,12-17,20-21H2,1-5H3. The number of benzene rings is 2. The molecule has 0 spiro atoms. The third-order valence-corrected chi connectivity index (χ3v) is 8.85. The van der Waals surface area contributed by atoms with Crippen LogP contribution in [0.4, 0.5) is 5.69 Å². The Labute approximate surface area is 222 Å². The molecule has 3 aromatic rings. The SMILES string of the molecule is CCc1c(C)ncc(-c2ccc3c(c2)CCN(Cc2c(C)cccc2Cl)C3)c1N1CCC(C)(C)CC1. The summed E-state index contributed by atoms with van der Waals surface area (Å²) in [5, 5.41) is 0.878. The first-order valence-corrected chi connectivity index (χ1v) is 14.0. The summed E-state index contributed by atoms with van der Waals surface area (Å²) in [5.74, 6) is 0. The molecule has 2 aliphatic heterocycles. The molecule has 0 radical (unpaired) electrons. The molecule has 0 bridgehead atoms. The van der Waals surface area contributed by atoms with Gasteiger partial charge >= 0.3 is 0 Å². The molecule has 0 aliphatic carbocycles. The molecule has 1 fully saturated rings. The molecule has 1 aromatic heterocycles. The normalized spacial score (nSPS) is 17.8. The fourth-order valence-electron chi connectivity index (χ4n) is 5.97. The summed E-state index contributed by atoms with van der Waals surface area (Å²) in [6.45, 7) is 16.6. The molecule has 3 heterocycles. The van der Waals surface area contributed by atoms with Crippen molar-refractivity contribution in [1.82, 2.24) is 9.88 Å². The zero-order valence-electron chi connectivity index (χ0n) is 22.6. The van der Waals surface area contributed by atoms with Crippen LogP contribution < -0.4 is 4.90 Å². The molecule has 2 aromatic carbocycles. The number of hydrogen-bond donors (Lipinski definition) is 0. The van der Waals surface area contributed by atoms with Gasteiger partial charge in [-0.15, -0.1) is 0 Å². The highest BCUT2D eigenvalue weighted by molar-refractivity contribution is 6.31. The van der Waals surface area contributed by atoms with E-state index in [0.29, 0.717) is 5.41 Å². The van der Waals surface area contributed by atoms with E-state index in [9.17, 15) is 0 Å². The first kappa shape index (κ1) is 25.3. The van der Waals surface area contributed by atoms with Gasteiger partial charge in [0.25, 0.3) is 0 Å². The Morgan fingerprint density at radius 1 is 0.972 bits per heavy atom. The van der Waals surface area contributed by atoms with Crippen LogP contribution in [0, 0.1) is 19.3 Å². The molecule has 36 heavy (non-hydrogen) atoms. The molecular weight excluding hydrogens is 462 g/mol. The summed E-state index contributed by atoms with van der Waals surface area (Å²) in [6.07, 6.45) is 6.69. The van der Waals surface area contributed by atoms with E-state index in [2.05, 4.69) is 74.9 Å². The maximum atomic E-state index is 6.53. The minimum Gasteiger partial charge on any atom is -0.371 e. The van der Waals surface area contributed by atoms with Crippen molar-refractivity contribution in [2.75, 3.05) is 24.5 Å². The number of rotatable bonds is 5. The zero-order valence-corrected chi connectivity index (χ0v) is 23.4. The van der Waals surface area contributed by atoms with Crippen molar-refractivity contribution in [1.29, 1.82) is 0 Å². The Morgan fingerprint density at radius 2 is 1.75 bits per heavy atom. The summed E-state index contributed by atoms with van der Waals surface area (Å²) < 4.78 is 0. The Kier molecular flexibility index (Phi) is 7.16. The molecule has 0 amide bonds. The number of aromatic nitrogens is 1. The topological polar surface area (TPSA) is 19.4 Å². The van der Waals surface area contributed by atoms with Gasteiger partial charge in [0.1, 0.15) is 0 Å². The minimum absolute atomic E-state index is 0.436. The highest BCUT2D eigenvalue weighted by atomic mass is 35.5. The quantitative estimate of drug-likeness (QED) is 0.356. The van der Waals surface area contributed by atoms with Crippen molar-refractivity contribution in [2.45, 2.75) is 73.4 Å². The first-order valence-electron chi connectivity index (χ1n) is 13.6. The largest absolute Gasteiger partial charge is 0.371 e. The zero-order chi connectivity index (χ0) is 25.4. The average Bonchev–Trinajstić information content (AvgIpc) is 2.86. The second-order valence-corrected chi connectivity index (χ2v) is 12.0. The van der Waals surface area contributed by atoms with E-state index >= 15 is 0 Å². The van der Waals surface area contributed by atoms with Crippen molar-refractivity contribution < 1.29 is 0 Å². The van der Waals surface area contributed by atoms with Crippen LogP contribution in [0.15, 0.2) is 42.6 Å². The van der Waals surface area contributed by atoms with Crippen LogP contribution in [-0.2, 0) is 25.9 Å². The lowest BCUT2D eigenvalue weighted by molar-refractivity contribution is 0.245. The predicted molar refractivity (Wildman–Crippen MR) is 153 cm³/mol. The van der Waals surface area contributed by atoms with E-state index in [4.69, 9.17) is 16.6 Å². The smallest absolute Gasteiger partial charge is 0.0512 e. The third-order valence-electron chi connectivity index (χ3n) is 8.50. The van der Waals surface area contributed by atoms with Crippen LogP contribution in [0.3, 0.4) is 0 Å². The van der Waals surface area contributed by atoms with Gasteiger partial charge in [-0.3, -0.25) is 9.88 Å². The van der Waals surface area contributed by atoms with Crippen LogP contribution in [0.1, 0.15) is 67.1 Å². The molecule has 0 N–H and O–H groups in total. The van der Waals surface area contributed by atoms with Crippen LogP contribution in [0.2, 0.25) is 5.02 Å². The number of piperidine rings is 1. The van der Waals surface area contributed by atoms with Crippen LogP contribution in [-0.4, -0.2) is 29.5 Å². The molecule has 4 heteroatoms. The van der Waals surface area contributed by atoms with Gasteiger partial charge in [0.2, 0.25) is 0 Å². The maximum absolute atomic E-state index is 6.53. The van der Waals surface area contributed by atoms with Crippen molar-refractivity contribution >= 4 is 17.3 Å². The highest BCUT2D eigenvalue weighted by Crippen LogP contribution is 2.40. The Bertz CT molecular complexity index is 1230. The van der Waals surface area contributed by atoms with E-state index < -0.39 is 0 Å². The summed E-state index contributed by atoms with van der Waals surface area (Å²) in [5.41, 5.74) is 12.5. The molecule has 5 rings (SSSR count). The first-order chi connectivity index (χ1) is 17.3. The van der Waals surface area contributed by atoms with Gasteiger partial charge in [-0.1, -0.05) is 62.7 Å².